The second-order valence-electron chi connectivity index (χ2n) is 5.86. The van der Waals surface area contributed by atoms with E-state index < -0.39 is 10.0 Å². The highest BCUT2D eigenvalue weighted by atomic mass is 32.2. The van der Waals surface area contributed by atoms with Crippen LogP contribution in [0.15, 0.2) is 42.7 Å². The molecule has 0 amide bonds. The summed E-state index contributed by atoms with van der Waals surface area (Å²) in [6.45, 7) is 3.97. The zero-order valence-corrected chi connectivity index (χ0v) is 14.9. The van der Waals surface area contributed by atoms with Gasteiger partial charge in [0.15, 0.2) is 0 Å². The Hall–Kier alpha value is -2.18. The lowest BCUT2D eigenvalue weighted by Gasteiger charge is -2.09. The third kappa shape index (κ3) is 3.07. The molecule has 0 radical (unpaired) electrons. The largest absolute Gasteiger partial charge is 0.343 e. The number of hydrogen-bond donors (Lipinski definition) is 1. The van der Waals surface area contributed by atoms with Crippen molar-refractivity contribution in [1.29, 1.82) is 0 Å². The molecule has 1 N–H and O–H groups in total. The number of nitrogens with one attached hydrogen (secondary N) is 1. The fourth-order valence-corrected chi connectivity index (χ4v) is 3.59. The SMILES string of the molecule is CCS(=O)(=O)NCc1cncc(-c2c(C)c3ccccc3n2C)c1. The molecule has 0 aliphatic heterocycles. The Balaban J connectivity index is 2.01. The van der Waals surface area contributed by atoms with E-state index in [2.05, 4.69) is 33.3 Å². The molecule has 0 saturated carbocycles. The summed E-state index contributed by atoms with van der Waals surface area (Å²) in [7, 11) is -1.18. The molecule has 0 unspecified atom stereocenters. The van der Waals surface area contributed by atoms with Crippen molar-refractivity contribution in [2.75, 3.05) is 5.75 Å². The maximum Gasteiger partial charge on any atom is 0.211 e. The Morgan fingerprint density at radius 2 is 1.96 bits per heavy atom. The van der Waals surface area contributed by atoms with Gasteiger partial charge in [0, 0.05) is 42.5 Å². The number of para-hydroxylation sites is 1. The smallest absolute Gasteiger partial charge is 0.211 e. The average molecular weight is 343 g/mol. The van der Waals surface area contributed by atoms with Gasteiger partial charge < -0.3 is 4.57 Å². The molecule has 0 aliphatic carbocycles. The minimum absolute atomic E-state index is 0.0719. The lowest BCUT2D eigenvalue weighted by molar-refractivity contribution is 0.582. The molecule has 3 aromatic rings. The molecule has 0 atom stereocenters. The first-order valence-electron chi connectivity index (χ1n) is 7.88. The third-order valence-electron chi connectivity index (χ3n) is 4.30. The van der Waals surface area contributed by atoms with Crippen molar-refractivity contribution >= 4 is 20.9 Å². The molecular formula is C18H21N3O2S. The maximum absolute atomic E-state index is 11.6. The van der Waals surface area contributed by atoms with Crippen LogP contribution < -0.4 is 4.72 Å². The molecule has 0 saturated heterocycles. The highest BCUT2D eigenvalue weighted by Gasteiger charge is 2.14. The minimum atomic E-state index is -3.21. The zero-order valence-electron chi connectivity index (χ0n) is 14.1. The molecule has 24 heavy (non-hydrogen) atoms. The summed E-state index contributed by atoms with van der Waals surface area (Å²) in [5, 5.41) is 1.21. The summed E-state index contributed by atoms with van der Waals surface area (Å²) in [5.41, 5.74) is 5.29. The highest BCUT2D eigenvalue weighted by molar-refractivity contribution is 7.89. The minimum Gasteiger partial charge on any atom is -0.343 e. The van der Waals surface area contributed by atoms with Crippen LogP contribution in [0.5, 0.6) is 0 Å². The molecule has 1 aromatic carbocycles. The van der Waals surface area contributed by atoms with Gasteiger partial charge in [0.25, 0.3) is 0 Å². The van der Waals surface area contributed by atoms with Crippen molar-refractivity contribution < 1.29 is 8.42 Å². The molecule has 5 nitrogen and oxygen atoms in total. The lowest BCUT2D eigenvalue weighted by atomic mass is 10.1. The average Bonchev–Trinajstić information content (AvgIpc) is 2.85. The van der Waals surface area contributed by atoms with E-state index in [1.165, 1.54) is 16.5 Å². The van der Waals surface area contributed by atoms with Crippen molar-refractivity contribution in [3.05, 3.63) is 53.9 Å². The van der Waals surface area contributed by atoms with Crippen molar-refractivity contribution in [2.24, 2.45) is 7.05 Å². The predicted octanol–water partition coefficient (Wildman–Crippen LogP) is 2.99. The van der Waals surface area contributed by atoms with Crippen molar-refractivity contribution in [2.45, 2.75) is 20.4 Å². The lowest BCUT2D eigenvalue weighted by Crippen LogP contribution is -2.24. The monoisotopic (exact) mass is 343 g/mol. The number of fused-ring (bicyclic) bond motifs is 1. The molecule has 0 spiro atoms. The van der Waals surface area contributed by atoms with Gasteiger partial charge >= 0.3 is 0 Å². The van der Waals surface area contributed by atoms with Gasteiger partial charge in [-0.25, -0.2) is 13.1 Å². The van der Waals surface area contributed by atoms with Crippen molar-refractivity contribution in [1.82, 2.24) is 14.3 Å². The van der Waals surface area contributed by atoms with Crippen LogP contribution >= 0.6 is 0 Å². The second-order valence-corrected chi connectivity index (χ2v) is 7.95. The Bertz CT molecular complexity index is 952. The summed E-state index contributed by atoms with van der Waals surface area (Å²) in [6, 6.07) is 10.3. The number of aromatic nitrogens is 2. The summed E-state index contributed by atoms with van der Waals surface area (Å²) < 4.78 is 28.0. The molecule has 6 heteroatoms. The predicted molar refractivity (Wildman–Crippen MR) is 97.2 cm³/mol. The normalized spacial score (nSPS) is 12.0. The van der Waals surface area contributed by atoms with E-state index in [1.807, 2.05) is 31.4 Å². The molecular weight excluding hydrogens is 322 g/mol. The van der Waals surface area contributed by atoms with Crippen LogP contribution in [0, 0.1) is 6.92 Å². The van der Waals surface area contributed by atoms with Crippen molar-refractivity contribution in [3.63, 3.8) is 0 Å². The number of benzene rings is 1. The fourth-order valence-electron chi connectivity index (χ4n) is 3.00. The fraction of sp³-hybridized carbons (Fsp3) is 0.278. The van der Waals surface area contributed by atoms with Crippen LogP contribution in [0.4, 0.5) is 0 Å². The third-order valence-corrected chi connectivity index (χ3v) is 5.65. The summed E-state index contributed by atoms with van der Waals surface area (Å²) in [4.78, 5) is 4.29. The van der Waals surface area contributed by atoms with Crippen LogP contribution in [0.3, 0.4) is 0 Å². The Kier molecular flexibility index (Phi) is 4.43. The first kappa shape index (κ1) is 16.7. The standard InChI is InChI=1S/C18H21N3O2S/c1-4-24(22,23)20-11-14-9-15(12-19-10-14)18-13(2)16-7-5-6-8-17(16)21(18)3/h5-10,12,20H,4,11H2,1-3H3. The van der Waals surface area contributed by atoms with Crippen molar-refractivity contribution in [3.8, 4) is 11.3 Å². The number of nitrogens with zero attached hydrogens (tertiary/aromatic N) is 2. The van der Waals surface area contributed by atoms with Gasteiger partial charge in [-0.15, -0.1) is 0 Å². The highest BCUT2D eigenvalue weighted by Crippen LogP contribution is 2.32. The number of rotatable bonds is 5. The molecule has 2 aromatic heterocycles. The van der Waals surface area contributed by atoms with Crippen LogP contribution in [-0.2, 0) is 23.6 Å². The second kappa shape index (κ2) is 6.37. The zero-order chi connectivity index (χ0) is 17.3. The van der Waals surface area contributed by atoms with Crippen LogP contribution in [0.1, 0.15) is 18.1 Å². The van der Waals surface area contributed by atoms with E-state index in [9.17, 15) is 8.42 Å². The van der Waals surface area contributed by atoms with Gasteiger partial charge in [-0.3, -0.25) is 4.98 Å². The van der Waals surface area contributed by atoms with Gasteiger partial charge in [0.1, 0.15) is 0 Å². The molecule has 0 aliphatic rings. The first-order chi connectivity index (χ1) is 11.4. The van der Waals surface area contributed by atoms with Gasteiger partial charge in [-0.05, 0) is 37.1 Å². The van der Waals surface area contributed by atoms with Gasteiger partial charge in [0.05, 0.1) is 11.4 Å². The topological polar surface area (TPSA) is 64.0 Å². The van der Waals surface area contributed by atoms with Crippen LogP contribution in [0.2, 0.25) is 0 Å². The summed E-state index contributed by atoms with van der Waals surface area (Å²) >= 11 is 0. The first-order valence-corrected chi connectivity index (χ1v) is 9.54. The molecule has 126 valence electrons. The number of hydrogen-bond acceptors (Lipinski definition) is 3. The number of aryl methyl sites for hydroxylation is 2. The summed E-state index contributed by atoms with van der Waals surface area (Å²) in [6.07, 6.45) is 3.51. The Morgan fingerprint density at radius 3 is 2.67 bits per heavy atom. The van der Waals surface area contributed by atoms with Crippen LogP contribution in [0.25, 0.3) is 22.2 Å². The Morgan fingerprint density at radius 1 is 1.21 bits per heavy atom. The van der Waals surface area contributed by atoms with E-state index in [-0.39, 0.29) is 12.3 Å². The maximum atomic E-state index is 11.6. The number of sulfonamides is 1. The molecule has 2 heterocycles. The van der Waals surface area contributed by atoms with E-state index >= 15 is 0 Å². The molecule has 0 fully saturated rings. The van der Waals surface area contributed by atoms with E-state index in [1.54, 1.807) is 13.1 Å². The van der Waals surface area contributed by atoms with Crippen LogP contribution in [-0.4, -0.2) is 23.7 Å². The molecule has 0 bridgehead atoms. The van der Waals surface area contributed by atoms with E-state index in [0.717, 1.165) is 16.8 Å². The number of pyridine rings is 1. The van der Waals surface area contributed by atoms with Gasteiger partial charge in [-0.2, -0.15) is 0 Å². The van der Waals surface area contributed by atoms with Gasteiger partial charge in [-0.1, -0.05) is 18.2 Å². The summed E-state index contributed by atoms with van der Waals surface area (Å²) in [5.74, 6) is 0.0719. The van der Waals surface area contributed by atoms with E-state index in [4.69, 9.17) is 0 Å². The Labute approximate surface area is 142 Å². The van der Waals surface area contributed by atoms with E-state index in [0.29, 0.717) is 0 Å². The molecule has 3 rings (SSSR count). The van der Waals surface area contributed by atoms with Gasteiger partial charge in [0.2, 0.25) is 10.0 Å². The quantitative estimate of drug-likeness (QED) is 0.774.